The van der Waals surface area contributed by atoms with Gasteiger partial charge in [0.05, 0.1) is 12.8 Å². The fourth-order valence-electron chi connectivity index (χ4n) is 2.48. The molecule has 0 saturated carbocycles. The molecule has 0 bridgehead atoms. The van der Waals surface area contributed by atoms with Gasteiger partial charge in [-0.15, -0.1) is 11.3 Å². The van der Waals surface area contributed by atoms with Crippen LogP contribution >= 0.6 is 22.9 Å². The Morgan fingerprint density at radius 1 is 1.07 bits per heavy atom. The van der Waals surface area contributed by atoms with Crippen LogP contribution in [0.25, 0.3) is 0 Å². The van der Waals surface area contributed by atoms with Crippen molar-refractivity contribution in [2.75, 3.05) is 6.54 Å². The van der Waals surface area contributed by atoms with E-state index in [9.17, 15) is 14.7 Å². The van der Waals surface area contributed by atoms with Gasteiger partial charge in [0, 0.05) is 16.4 Å². The molecule has 27 heavy (non-hydrogen) atoms. The van der Waals surface area contributed by atoms with E-state index in [0.717, 1.165) is 5.56 Å². The molecule has 1 aromatic carbocycles. The topological polar surface area (TPSA) is 91.6 Å². The van der Waals surface area contributed by atoms with Gasteiger partial charge in [0.15, 0.2) is 5.60 Å². The lowest BCUT2D eigenvalue weighted by molar-refractivity contribution is -0.139. The molecule has 3 rings (SSSR count). The van der Waals surface area contributed by atoms with Crippen molar-refractivity contribution in [1.29, 1.82) is 0 Å². The monoisotopic (exact) mass is 404 g/mol. The third kappa shape index (κ3) is 4.57. The van der Waals surface area contributed by atoms with Crippen LogP contribution in [0.15, 0.2) is 64.6 Å². The van der Waals surface area contributed by atoms with E-state index in [2.05, 4.69) is 10.6 Å². The zero-order valence-electron chi connectivity index (χ0n) is 14.1. The van der Waals surface area contributed by atoms with Crippen LogP contribution in [0.2, 0.25) is 5.02 Å². The molecule has 0 fully saturated rings. The van der Waals surface area contributed by atoms with Gasteiger partial charge in [-0.1, -0.05) is 29.8 Å². The Balaban J connectivity index is 1.61. The average molecular weight is 405 g/mol. The number of hydrogen-bond acceptors (Lipinski definition) is 5. The van der Waals surface area contributed by atoms with Crippen molar-refractivity contribution < 1.29 is 19.1 Å². The Labute approximate surface area is 164 Å². The first-order valence-electron chi connectivity index (χ1n) is 8.10. The van der Waals surface area contributed by atoms with Crippen LogP contribution in [0.4, 0.5) is 0 Å². The highest BCUT2D eigenvalue weighted by molar-refractivity contribution is 7.10. The van der Waals surface area contributed by atoms with Gasteiger partial charge in [0.25, 0.3) is 0 Å². The van der Waals surface area contributed by atoms with Crippen molar-refractivity contribution in [2.24, 2.45) is 0 Å². The Hall–Kier alpha value is -2.61. The first kappa shape index (κ1) is 19.2. The van der Waals surface area contributed by atoms with Crippen molar-refractivity contribution in [1.82, 2.24) is 10.6 Å². The highest BCUT2D eigenvalue weighted by atomic mass is 35.5. The van der Waals surface area contributed by atoms with Crippen molar-refractivity contribution in [2.45, 2.75) is 12.1 Å². The summed E-state index contributed by atoms with van der Waals surface area (Å²) in [6, 6.07) is 13.7. The quantitative estimate of drug-likeness (QED) is 0.551. The maximum Gasteiger partial charge on any atom is 0.309 e. The molecule has 2 heterocycles. The molecule has 0 aliphatic heterocycles. The van der Waals surface area contributed by atoms with E-state index in [1.54, 1.807) is 48.5 Å². The lowest BCUT2D eigenvalue weighted by Gasteiger charge is -2.25. The van der Waals surface area contributed by atoms with Gasteiger partial charge in [0.2, 0.25) is 0 Å². The molecule has 8 heteroatoms. The first-order valence-corrected chi connectivity index (χ1v) is 9.35. The second-order valence-electron chi connectivity index (χ2n) is 5.81. The van der Waals surface area contributed by atoms with Gasteiger partial charge < -0.3 is 20.2 Å². The Kier molecular flexibility index (Phi) is 5.95. The van der Waals surface area contributed by atoms with Crippen molar-refractivity contribution in [3.8, 4) is 0 Å². The molecular formula is C19H17ClN2O4S. The number of nitrogens with one attached hydrogen (secondary N) is 2. The second-order valence-corrected chi connectivity index (χ2v) is 7.19. The molecule has 3 aromatic rings. The van der Waals surface area contributed by atoms with E-state index in [0.29, 0.717) is 9.90 Å². The van der Waals surface area contributed by atoms with Crippen molar-refractivity contribution >= 4 is 34.8 Å². The van der Waals surface area contributed by atoms with Crippen LogP contribution in [0.3, 0.4) is 0 Å². The van der Waals surface area contributed by atoms with Crippen molar-refractivity contribution in [3.63, 3.8) is 0 Å². The fraction of sp³-hybridized carbons (Fsp3) is 0.158. The van der Waals surface area contributed by atoms with Crippen molar-refractivity contribution in [3.05, 3.63) is 81.4 Å². The molecule has 2 amide bonds. The molecule has 0 aliphatic rings. The summed E-state index contributed by atoms with van der Waals surface area (Å²) in [5.41, 5.74) is -0.740. The van der Waals surface area contributed by atoms with Crippen LogP contribution in [0.5, 0.6) is 0 Å². The Bertz CT molecular complexity index is 858. The molecule has 2 aromatic heterocycles. The van der Waals surface area contributed by atoms with Crippen LogP contribution in [0, 0.1) is 0 Å². The molecule has 3 N–H and O–H groups in total. The minimum Gasteiger partial charge on any atom is -0.466 e. The van der Waals surface area contributed by atoms with Crippen LogP contribution in [-0.4, -0.2) is 23.5 Å². The molecule has 0 aliphatic carbocycles. The molecule has 140 valence electrons. The fourth-order valence-corrected chi connectivity index (χ4v) is 3.43. The number of furan rings is 1. The maximum atomic E-state index is 12.1. The van der Waals surface area contributed by atoms with E-state index in [4.69, 9.17) is 16.0 Å². The Morgan fingerprint density at radius 3 is 2.44 bits per heavy atom. The molecule has 0 radical (unpaired) electrons. The lowest BCUT2D eigenvalue weighted by atomic mass is 9.98. The SMILES string of the molecule is O=C(NCc1ccc(Cl)cc1)C(=O)NCC(O)(c1ccco1)c1cccs1. The molecule has 1 unspecified atom stereocenters. The molecular weight excluding hydrogens is 388 g/mol. The van der Waals surface area contributed by atoms with Crippen LogP contribution < -0.4 is 10.6 Å². The number of hydrogen-bond donors (Lipinski definition) is 3. The number of aliphatic hydroxyl groups is 1. The summed E-state index contributed by atoms with van der Waals surface area (Å²) < 4.78 is 5.32. The number of rotatable bonds is 6. The number of benzene rings is 1. The maximum absolute atomic E-state index is 12.1. The standard InChI is InChI=1S/C19H17ClN2O4S/c20-14-7-5-13(6-8-14)11-21-17(23)18(24)22-12-19(25,15-3-1-9-26-15)16-4-2-10-27-16/h1-10,25H,11-12H2,(H,21,23)(H,22,24). The van der Waals surface area contributed by atoms with Crippen LogP contribution in [-0.2, 0) is 21.7 Å². The van der Waals surface area contributed by atoms with Crippen LogP contribution in [0.1, 0.15) is 16.2 Å². The third-order valence-electron chi connectivity index (χ3n) is 3.93. The average Bonchev–Trinajstić information content (AvgIpc) is 3.39. The summed E-state index contributed by atoms with van der Waals surface area (Å²) in [5, 5.41) is 18.5. The van der Waals surface area contributed by atoms with Gasteiger partial charge >= 0.3 is 11.8 Å². The molecule has 0 saturated heterocycles. The number of amides is 2. The van der Waals surface area contributed by atoms with E-state index < -0.39 is 17.4 Å². The minimum atomic E-state index is -1.55. The largest absolute Gasteiger partial charge is 0.466 e. The van der Waals surface area contributed by atoms with E-state index >= 15 is 0 Å². The summed E-state index contributed by atoms with van der Waals surface area (Å²) in [7, 11) is 0. The smallest absolute Gasteiger partial charge is 0.309 e. The molecule has 0 spiro atoms. The molecule has 1 atom stereocenters. The number of thiophene rings is 1. The summed E-state index contributed by atoms with van der Waals surface area (Å²) in [6.07, 6.45) is 1.44. The predicted octanol–water partition coefficient (Wildman–Crippen LogP) is 2.66. The zero-order valence-corrected chi connectivity index (χ0v) is 15.7. The highest BCUT2D eigenvalue weighted by Gasteiger charge is 2.36. The van der Waals surface area contributed by atoms with Gasteiger partial charge in [0.1, 0.15) is 5.76 Å². The molecule has 6 nitrogen and oxygen atoms in total. The van der Waals surface area contributed by atoms with Gasteiger partial charge in [-0.3, -0.25) is 9.59 Å². The van der Waals surface area contributed by atoms with E-state index in [1.807, 2.05) is 5.38 Å². The number of carbonyl (C=O) groups is 2. The minimum absolute atomic E-state index is 0.191. The summed E-state index contributed by atoms with van der Waals surface area (Å²) >= 11 is 7.14. The summed E-state index contributed by atoms with van der Waals surface area (Å²) in [4.78, 5) is 24.7. The first-order chi connectivity index (χ1) is 13.0. The van der Waals surface area contributed by atoms with Gasteiger partial charge in [-0.25, -0.2) is 0 Å². The zero-order chi connectivity index (χ0) is 19.3. The number of carbonyl (C=O) groups excluding carboxylic acids is 2. The predicted molar refractivity (Wildman–Crippen MR) is 102 cm³/mol. The third-order valence-corrected chi connectivity index (χ3v) is 5.21. The van der Waals surface area contributed by atoms with Gasteiger partial charge in [-0.2, -0.15) is 0 Å². The van der Waals surface area contributed by atoms with Gasteiger partial charge in [-0.05, 0) is 41.3 Å². The lowest BCUT2D eigenvalue weighted by Crippen LogP contribution is -2.46. The van der Waals surface area contributed by atoms with E-state index in [-0.39, 0.29) is 18.8 Å². The second kappa shape index (κ2) is 8.39. The summed E-state index contributed by atoms with van der Waals surface area (Å²) in [5.74, 6) is -1.35. The highest BCUT2D eigenvalue weighted by Crippen LogP contribution is 2.32. The normalized spacial score (nSPS) is 13.0. The Morgan fingerprint density at radius 2 is 1.81 bits per heavy atom. The summed E-state index contributed by atoms with van der Waals surface area (Å²) in [6.45, 7) is -0.00891. The number of halogens is 1. The van der Waals surface area contributed by atoms with E-state index in [1.165, 1.54) is 17.6 Å².